The first kappa shape index (κ1) is 12.7. The molecule has 1 N–H and O–H groups in total. The number of nitrogens with zero attached hydrogens (tertiary/aromatic N) is 1. The lowest BCUT2D eigenvalue weighted by molar-refractivity contribution is 0.219. The molecule has 1 aliphatic heterocycles. The van der Waals surface area contributed by atoms with E-state index < -0.39 is 5.54 Å². The van der Waals surface area contributed by atoms with Gasteiger partial charge in [0.05, 0.1) is 12.7 Å². The summed E-state index contributed by atoms with van der Waals surface area (Å²) in [5, 5.41) is 13.1. The van der Waals surface area contributed by atoms with Crippen LogP contribution < -0.4 is 10.1 Å². The van der Waals surface area contributed by atoms with Crippen LogP contribution in [-0.4, -0.2) is 6.61 Å². The molecule has 0 bridgehead atoms. The van der Waals surface area contributed by atoms with E-state index in [2.05, 4.69) is 23.5 Å². The van der Waals surface area contributed by atoms with Gasteiger partial charge in [-0.05, 0) is 11.6 Å². The van der Waals surface area contributed by atoms with Crippen LogP contribution in [0.5, 0.6) is 5.75 Å². The average molecular weight is 264 g/mol. The Morgan fingerprint density at radius 3 is 2.65 bits per heavy atom. The Kier molecular flexibility index (Phi) is 3.41. The number of nitrogens with one attached hydrogen (secondary N) is 1. The smallest absolute Gasteiger partial charge is 0.139 e. The molecular formula is C17H16N2O. The molecule has 20 heavy (non-hydrogen) atoms. The standard InChI is InChI=1S/C17H16N2O/c18-13-17(19-12-14-6-2-1-3-7-14)10-11-20-16-9-5-4-8-15(16)17/h1-9,19H,10-12H2. The van der Waals surface area contributed by atoms with Gasteiger partial charge in [0.25, 0.3) is 0 Å². The fraction of sp³-hybridized carbons (Fsp3) is 0.235. The van der Waals surface area contributed by atoms with Gasteiger partial charge in [-0.2, -0.15) is 5.26 Å². The molecule has 0 saturated carbocycles. The highest BCUT2D eigenvalue weighted by atomic mass is 16.5. The summed E-state index contributed by atoms with van der Waals surface area (Å²) in [6.07, 6.45) is 0.660. The van der Waals surface area contributed by atoms with Crippen molar-refractivity contribution < 1.29 is 4.74 Å². The fourth-order valence-electron chi connectivity index (χ4n) is 2.58. The van der Waals surface area contributed by atoms with Crippen molar-refractivity contribution in [3.05, 3.63) is 65.7 Å². The van der Waals surface area contributed by atoms with E-state index in [1.165, 1.54) is 5.56 Å². The highest BCUT2D eigenvalue weighted by Crippen LogP contribution is 2.36. The van der Waals surface area contributed by atoms with Crippen molar-refractivity contribution in [2.75, 3.05) is 6.61 Å². The Balaban J connectivity index is 1.88. The molecule has 0 radical (unpaired) electrons. The van der Waals surface area contributed by atoms with Crippen LogP contribution in [0.4, 0.5) is 0 Å². The van der Waals surface area contributed by atoms with Gasteiger partial charge < -0.3 is 4.74 Å². The monoisotopic (exact) mass is 264 g/mol. The lowest BCUT2D eigenvalue weighted by Crippen LogP contribution is -2.44. The molecule has 2 aromatic carbocycles. The molecule has 2 aromatic rings. The van der Waals surface area contributed by atoms with E-state index in [9.17, 15) is 5.26 Å². The van der Waals surface area contributed by atoms with E-state index in [1.54, 1.807) is 0 Å². The Morgan fingerprint density at radius 2 is 1.85 bits per heavy atom. The van der Waals surface area contributed by atoms with Gasteiger partial charge in [-0.3, -0.25) is 5.32 Å². The van der Waals surface area contributed by atoms with E-state index in [1.807, 2.05) is 42.5 Å². The first-order valence-electron chi connectivity index (χ1n) is 6.77. The first-order chi connectivity index (χ1) is 9.84. The summed E-state index contributed by atoms with van der Waals surface area (Å²) in [7, 11) is 0. The van der Waals surface area contributed by atoms with Gasteiger partial charge in [-0.1, -0.05) is 48.5 Å². The van der Waals surface area contributed by atoms with E-state index in [-0.39, 0.29) is 0 Å². The highest BCUT2D eigenvalue weighted by Gasteiger charge is 2.37. The predicted octanol–water partition coefficient (Wildman–Crippen LogP) is 2.98. The molecule has 3 rings (SSSR count). The minimum absolute atomic E-state index is 0.562. The number of rotatable bonds is 3. The number of hydrogen-bond donors (Lipinski definition) is 1. The van der Waals surface area contributed by atoms with Crippen LogP contribution in [0.2, 0.25) is 0 Å². The predicted molar refractivity (Wildman–Crippen MR) is 77.1 cm³/mol. The maximum Gasteiger partial charge on any atom is 0.139 e. The maximum absolute atomic E-state index is 9.70. The summed E-state index contributed by atoms with van der Waals surface area (Å²) >= 11 is 0. The topological polar surface area (TPSA) is 45.0 Å². The van der Waals surface area contributed by atoms with E-state index >= 15 is 0 Å². The minimum atomic E-state index is -0.662. The van der Waals surface area contributed by atoms with Crippen molar-refractivity contribution in [2.24, 2.45) is 0 Å². The molecule has 1 unspecified atom stereocenters. The van der Waals surface area contributed by atoms with Crippen molar-refractivity contribution in [1.29, 1.82) is 5.26 Å². The van der Waals surface area contributed by atoms with Crippen molar-refractivity contribution >= 4 is 0 Å². The van der Waals surface area contributed by atoms with Crippen LogP contribution in [0.25, 0.3) is 0 Å². The third-order valence-corrected chi connectivity index (χ3v) is 3.71. The highest BCUT2D eigenvalue weighted by molar-refractivity contribution is 5.44. The second kappa shape index (κ2) is 5.36. The number of para-hydroxylation sites is 1. The third kappa shape index (κ3) is 2.26. The van der Waals surface area contributed by atoms with Crippen LogP contribution in [-0.2, 0) is 12.1 Å². The molecule has 3 heteroatoms. The van der Waals surface area contributed by atoms with Crippen LogP contribution >= 0.6 is 0 Å². The lowest BCUT2D eigenvalue weighted by Gasteiger charge is -2.34. The maximum atomic E-state index is 9.70. The van der Waals surface area contributed by atoms with Crippen molar-refractivity contribution in [3.8, 4) is 11.8 Å². The average Bonchev–Trinajstić information content (AvgIpc) is 2.54. The molecule has 0 amide bonds. The van der Waals surface area contributed by atoms with Gasteiger partial charge in [0.15, 0.2) is 0 Å². The van der Waals surface area contributed by atoms with E-state index in [4.69, 9.17) is 4.74 Å². The van der Waals surface area contributed by atoms with Gasteiger partial charge in [0.1, 0.15) is 11.3 Å². The zero-order valence-electron chi connectivity index (χ0n) is 11.2. The molecule has 1 atom stereocenters. The molecule has 0 fully saturated rings. The SMILES string of the molecule is N#CC1(NCc2ccccc2)CCOc2ccccc21. The first-order valence-corrected chi connectivity index (χ1v) is 6.77. The largest absolute Gasteiger partial charge is 0.493 e. The van der Waals surface area contributed by atoms with Gasteiger partial charge in [0.2, 0.25) is 0 Å². The number of hydrogen-bond acceptors (Lipinski definition) is 3. The van der Waals surface area contributed by atoms with Gasteiger partial charge >= 0.3 is 0 Å². The van der Waals surface area contributed by atoms with Crippen LogP contribution in [0, 0.1) is 11.3 Å². The molecule has 0 aliphatic carbocycles. The summed E-state index contributed by atoms with van der Waals surface area (Å²) in [6, 6.07) is 20.4. The van der Waals surface area contributed by atoms with E-state index in [0.29, 0.717) is 19.6 Å². The summed E-state index contributed by atoms with van der Waals surface area (Å²) in [4.78, 5) is 0. The third-order valence-electron chi connectivity index (χ3n) is 3.71. The molecule has 100 valence electrons. The minimum Gasteiger partial charge on any atom is -0.493 e. The quantitative estimate of drug-likeness (QED) is 0.927. The Hall–Kier alpha value is -2.31. The van der Waals surface area contributed by atoms with Crippen molar-refractivity contribution in [3.63, 3.8) is 0 Å². The summed E-state index contributed by atoms with van der Waals surface area (Å²) < 4.78 is 5.64. The zero-order chi connectivity index (χ0) is 13.8. The van der Waals surface area contributed by atoms with Gasteiger partial charge in [-0.25, -0.2) is 0 Å². The van der Waals surface area contributed by atoms with Crippen molar-refractivity contribution in [2.45, 2.75) is 18.5 Å². The van der Waals surface area contributed by atoms with Crippen LogP contribution in [0.1, 0.15) is 17.5 Å². The zero-order valence-corrected chi connectivity index (χ0v) is 11.2. The summed E-state index contributed by atoms with van der Waals surface area (Å²) in [5.41, 5.74) is 1.45. The molecular weight excluding hydrogens is 248 g/mol. The van der Waals surface area contributed by atoms with Crippen molar-refractivity contribution in [1.82, 2.24) is 5.32 Å². The second-order valence-corrected chi connectivity index (χ2v) is 4.95. The molecule has 3 nitrogen and oxygen atoms in total. The molecule has 1 heterocycles. The summed E-state index contributed by atoms with van der Waals surface area (Å²) in [6.45, 7) is 1.23. The lowest BCUT2D eigenvalue weighted by atomic mass is 9.85. The van der Waals surface area contributed by atoms with E-state index in [0.717, 1.165) is 11.3 Å². The molecule has 0 spiro atoms. The molecule has 1 aliphatic rings. The van der Waals surface area contributed by atoms with Crippen LogP contribution in [0.3, 0.4) is 0 Å². The Bertz CT molecular complexity index is 633. The molecule has 0 aromatic heterocycles. The number of benzene rings is 2. The normalized spacial score (nSPS) is 20.6. The number of fused-ring (bicyclic) bond motifs is 1. The molecule has 0 saturated heterocycles. The Labute approximate surface area is 118 Å². The fourth-order valence-corrected chi connectivity index (χ4v) is 2.58. The number of nitriles is 1. The summed E-state index contributed by atoms with van der Waals surface area (Å²) in [5.74, 6) is 0.806. The van der Waals surface area contributed by atoms with Crippen LogP contribution in [0.15, 0.2) is 54.6 Å². The second-order valence-electron chi connectivity index (χ2n) is 4.95. The van der Waals surface area contributed by atoms with Gasteiger partial charge in [-0.15, -0.1) is 0 Å². The van der Waals surface area contributed by atoms with Gasteiger partial charge in [0, 0.05) is 18.5 Å². The number of ether oxygens (including phenoxy) is 1. The Morgan fingerprint density at radius 1 is 1.10 bits per heavy atom.